The molecule has 1 fully saturated rings. The molecule has 0 aromatic carbocycles. The summed E-state index contributed by atoms with van der Waals surface area (Å²) in [6.45, 7) is 6.65. The van der Waals surface area contributed by atoms with Crippen LogP contribution in [0, 0.1) is 0 Å². The molecule has 1 aromatic rings. The molecule has 1 aliphatic rings. The molecule has 0 bridgehead atoms. The first-order chi connectivity index (χ1) is 10.3. The van der Waals surface area contributed by atoms with Gasteiger partial charge in [-0.2, -0.15) is 0 Å². The second kappa shape index (κ2) is 10.4. The molecule has 0 amide bonds. The van der Waals surface area contributed by atoms with Crippen LogP contribution < -0.4 is 10.2 Å². The fourth-order valence-electron chi connectivity index (χ4n) is 2.34. The SMILES string of the molecule is CC=CCCNC(=NC)N1CCN(c2ncccn2)CC1.I. The van der Waals surface area contributed by atoms with Gasteiger partial charge in [0.05, 0.1) is 0 Å². The number of guanidine groups is 1. The van der Waals surface area contributed by atoms with E-state index >= 15 is 0 Å². The summed E-state index contributed by atoms with van der Waals surface area (Å²) < 4.78 is 0. The number of anilines is 1. The van der Waals surface area contributed by atoms with E-state index in [0.29, 0.717) is 0 Å². The average Bonchev–Trinajstić information content (AvgIpc) is 2.56. The van der Waals surface area contributed by atoms with Crippen molar-refractivity contribution in [3.05, 3.63) is 30.6 Å². The van der Waals surface area contributed by atoms with Crippen LogP contribution in [0.5, 0.6) is 0 Å². The molecule has 22 heavy (non-hydrogen) atoms. The van der Waals surface area contributed by atoms with Crippen molar-refractivity contribution < 1.29 is 0 Å². The monoisotopic (exact) mass is 416 g/mol. The maximum atomic E-state index is 4.36. The van der Waals surface area contributed by atoms with Crippen molar-refractivity contribution in [3.63, 3.8) is 0 Å². The number of hydrogen-bond acceptors (Lipinski definition) is 4. The fourth-order valence-corrected chi connectivity index (χ4v) is 2.34. The molecule has 2 rings (SSSR count). The van der Waals surface area contributed by atoms with Crippen molar-refractivity contribution in [2.24, 2.45) is 4.99 Å². The summed E-state index contributed by atoms with van der Waals surface area (Å²) in [5.74, 6) is 1.79. The van der Waals surface area contributed by atoms with Crippen LogP contribution in [0.2, 0.25) is 0 Å². The molecule has 122 valence electrons. The lowest BCUT2D eigenvalue weighted by molar-refractivity contribution is 0.370. The average molecular weight is 416 g/mol. The van der Waals surface area contributed by atoms with Crippen molar-refractivity contribution in [1.82, 2.24) is 20.2 Å². The van der Waals surface area contributed by atoms with Crippen LogP contribution in [0.1, 0.15) is 13.3 Å². The molecule has 0 radical (unpaired) electrons. The zero-order chi connectivity index (χ0) is 14.9. The summed E-state index contributed by atoms with van der Waals surface area (Å²) in [5, 5.41) is 3.40. The highest BCUT2D eigenvalue weighted by molar-refractivity contribution is 14.0. The summed E-state index contributed by atoms with van der Waals surface area (Å²) in [7, 11) is 1.84. The normalized spacial score (nSPS) is 15.8. The third-order valence-corrected chi connectivity index (χ3v) is 3.46. The lowest BCUT2D eigenvalue weighted by Crippen LogP contribution is -2.53. The smallest absolute Gasteiger partial charge is 0.225 e. The van der Waals surface area contributed by atoms with E-state index in [-0.39, 0.29) is 24.0 Å². The number of allylic oxidation sites excluding steroid dienone is 1. The maximum Gasteiger partial charge on any atom is 0.225 e. The van der Waals surface area contributed by atoms with Gasteiger partial charge in [-0.1, -0.05) is 12.2 Å². The van der Waals surface area contributed by atoms with Gasteiger partial charge in [-0.3, -0.25) is 4.99 Å². The van der Waals surface area contributed by atoms with Crippen LogP contribution in [0.25, 0.3) is 0 Å². The van der Waals surface area contributed by atoms with Gasteiger partial charge < -0.3 is 15.1 Å². The number of halogens is 1. The molecule has 0 unspecified atom stereocenters. The first-order valence-electron chi connectivity index (χ1n) is 7.44. The van der Waals surface area contributed by atoms with Crippen LogP contribution in [-0.4, -0.2) is 60.6 Å². The number of nitrogens with one attached hydrogen (secondary N) is 1. The Morgan fingerprint density at radius 2 is 1.95 bits per heavy atom. The predicted octanol–water partition coefficient (Wildman–Crippen LogP) is 1.76. The molecular weight excluding hydrogens is 391 g/mol. The van der Waals surface area contributed by atoms with Gasteiger partial charge in [-0.15, -0.1) is 24.0 Å². The highest BCUT2D eigenvalue weighted by Gasteiger charge is 2.20. The Kier molecular flexibility index (Phi) is 8.79. The van der Waals surface area contributed by atoms with Crippen LogP contribution in [0.4, 0.5) is 5.95 Å². The standard InChI is InChI=1S/C15H24N6.HI/c1-3-4-5-7-17-14(16-2)20-10-12-21(13-11-20)15-18-8-6-9-19-15;/h3-4,6,8-9H,5,7,10-13H2,1-2H3,(H,16,17);1H. The maximum absolute atomic E-state index is 4.36. The fraction of sp³-hybridized carbons (Fsp3) is 0.533. The lowest BCUT2D eigenvalue weighted by Gasteiger charge is -2.36. The highest BCUT2D eigenvalue weighted by atomic mass is 127. The van der Waals surface area contributed by atoms with Crippen LogP contribution in [0.15, 0.2) is 35.6 Å². The predicted molar refractivity (Wildman–Crippen MR) is 102 cm³/mol. The molecule has 1 saturated heterocycles. The highest BCUT2D eigenvalue weighted by Crippen LogP contribution is 2.09. The third kappa shape index (κ3) is 5.43. The Balaban J connectivity index is 0.00000242. The zero-order valence-corrected chi connectivity index (χ0v) is 15.6. The molecule has 1 N–H and O–H groups in total. The first-order valence-corrected chi connectivity index (χ1v) is 7.44. The molecule has 6 nitrogen and oxygen atoms in total. The lowest BCUT2D eigenvalue weighted by atomic mass is 10.3. The topological polar surface area (TPSA) is 56.7 Å². The minimum absolute atomic E-state index is 0. The molecule has 0 aliphatic carbocycles. The van der Waals surface area contributed by atoms with Gasteiger partial charge in [0.1, 0.15) is 0 Å². The van der Waals surface area contributed by atoms with E-state index in [1.807, 2.05) is 20.0 Å². The quantitative estimate of drug-likeness (QED) is 0.267. The third-order valence-electron chi connectivity index (χ3n) is 3.46. The molecule has 0 saturated carbocycles. The van der Waals surface area contributed by atoms with Gasteiger partial charge >= 0.3 is 0 Å². The van der Waals surface area contributed by atoms with Crippen molar-refractivity contribution in [2.75, 3.05) is 44.7 Å². The molecule has 2 heterocycles. The Bertz CT molecular complexity index is 468. The van der Waals surface area contributed by atoms with E-state index in [9.17, 15) is 0 Å². The zero-order valence-electron chi connectivity index (χ0n) is 13.3. The Morgan fingerprint density at radius 3 is 2.55 bits per heavy atom. The number of nitrogens with zero attached hydrogens (tertiary/aromatic N) is 5. The Labute approximate surface area is 149 Å². The van der Waals surface area contributed by atoms with Gasteiger partial charge in [0.25, 0.3) is 0 Å². The van der Waals surface area contributed by atoms with Gasteiger partial charge in [-0.25, -0.2) is 9.97 Å². The summed E-state index contributed by atoms with van der Waals surface area (Å²) in [5.41, 5.74) is 0. The Hall–Kier alpha value is -1.38. The van der Waals surface area contributed by atoms with Crippen molar-refractivity contribution >= 4 is 35.9 Å². The van der Waals surface area contributed by atoms with E-state index < -0.39 is 0 Å². The van der Waals surface area contributed by atoms with E-state index in [0.717, 1.165) is 51.1 Å². The van der Waals surface area contributed by atoms with Gasteiger partial charge in [0.15, 0.2) is 5.96 Å². The number of rotatable bonds is 4. The molecule has 1 aromatic heterocycles. The second-order valence-corrected chi connectivity index (χ2v) is 4.85. The first kappa shape index (κ1) is 18.7. The van der Waals surface area contributed by atoms with Crippen LogP contribution in [-0.2, 0) is 0 Å². The molecule has 0 atom stereocenters. The van der Waals surface area contributed by atoms with Gasteiger partial charge in [-0.05, 0) is 19.4 Å². The van der Waals surface area contributed by atoms with E-state index in [1.54, 1.807) is 12.4 Å². The summed E-state index contributed by atoms with van der Waals surface area (Å²) >= 11 is 0. The van der Waals surface area contributed by atoms with Crippen molar-refractivity contribution in [1.29, 1.82) is 0 Å². The van der Waals surface area contributed by atoms with Crippen LogP contribution >= 0.6 is 24.0 Å². The molecule has 0 spiro atoms. The minimum atomic E-state index is 0. The summed E-state index contributed by atoms with van der Waals surface area (Å²) in [6.07, 6.45) is 8.83. The van der Waals surface area contributed by atoms with E-state index in [4.69, 9.17) is 0 Å². The second-order valence-electron chi connectivity index (χ2n) is 4.85. The Morgan fingerprint density at radius 1 is 1.27 bits per heavy atom. The van der Waals surface area contributed by atoms with E-state index in [2.05, 4.69) is 42.2 Å². The number of aliphatic imine (C=N–C) groups is 1. The number of aromatic nitrogens is 2. The molecule has 1 aliphatic heterocycles. The molecular formula is C15H25IN6. The largest absolute Gasteiger partial charge is 0.356 e. The van der Waals surface area contributed by atoms with Crippen molar-refractivity contribution in [2.45, 2.75) is 13.3 Å². The summed E-state index contributed by atoms with van der Waals surface area (Å²) in [4.78, 5) is 17.5. The molecule has 7 heteroatoms. The van der Waals surface area contributed by atoms with Gasteiger partial charge in [0, 0.05) is 52.2 Å². The number of hydrogen-bond donors (Lipinski definition) is 1. The van der Waals surface area contributed by atoms with Gasteiger partial charge in [0.2, 0.25) is 5.95 Å². The summed E-state index contributed by atoms with van der Waals surface area (Å²) in [6, 6.07) is 1.84. The van der Waals surface area contributed by atoms with E-state index in [1.165, 1.54) is 0 Å². The van der Waals surface area contributed by atoms with Crippen molar-refractivity contribution in [3.8, 4) is 0 Å². The van der Waals surface area contributed by atoms with Crippen LogP contribution in [0.3, 0.4) is 0 Å². The number of piperazine rings is 1. The minimum Gasteiger partial charge on any atom is -0.356 e.